The number of rotatable bonds is 5. The Labute approximate surface area is 114 Å². The molecular weight excluding hydrogens is 244 g/mol. The van der Waals surface area contributed by atoms with E-state index in [9.17, 15) is 0 Å². The molecule has 2 atom stereocenters. The van der Waals surface area contributed by atoms with E-state index in [2.05, 4.69) is 10.3 Å². The van der Waals surface area contributed by atoms with Crippen molar-refractivity contribution in [2.24, 2.45) is 0 Å². The first-order valence-electron chi connectivity index (χ1n) is 6.72. The normalized spacial score (nSPS) is 23.4. The van der Waals surface area contributed by atoms with Gasteiger partial charge in [-0.3, -0.25) is 0 Å². The van der Waals surface area contributed by atoms with Crippen molar-refractivity contribution in [3.63, 3.8) is 0 Å². The van der Waals surface area contributed by atoms with Gasteiger partial charge in [0.05, 0.1) is 12.3 Å². The van der Waals surface area contributed by atoms with Crippen LogP contribution in [0.15, 0.2) is 18.3 Å². The number of aromatic nitrogens is 1. The van der Waals surface area contributed by atoms with Crippen molar-refractivity contribution >= 4 is 0 Å². The minimum Gasteiger partial charge on any atom is -0.489 e. The zero-order valence-corrected chi connectivity index (χ0v) is 11.8. The molecule has 0 amide bonds. The molecule has 0 spiro atoms. The van der Waals surface area contributed by atoms with Crippen LogP contribution in [-0.4, -0.2) is 43.5 Å². The average Bonchev–Trinajstić information content (AvgIpc) is 2.41. The third-order valence-electron chi connectivity index (χ3n) is 3.02. The Morgan fingerprint density at radius 1 is 1.32 bits per heavy atom. The quantitative estimate of drug-likeness (QED) is 0.877. The average molecular weight is 266 g/mol. The Bertz CT molecular complexity index is 381. The second kappa shape index (κ2) is 6.73. The van der Waals surface area contributed by atoms with Crippen molar-refractivity contribution < 1.29 is 14.2 Å². The lowest BCUT2D eigenvalue weighted by molar-refractivity contribution is -0.0160. The fourth-order valence-electron chi connectivity index (χ4n) is 2.11. The summed E-state index contributed by atoms with van der Waals surface area (Å²) in [6, 6.07) is 3.72. The molecule has 0 saturated carbocycles. The zero-order chi connectivity index (χ0) is 13.7. The number of hydrogen-bond donors (Lipinski definition) is 1. The SMILES string of the molecule is COC1CNCCC1Oc1ccc(OC(C)C)cn1. The Balaban J connectivity index is 1.94. The standard InChI is InChI=1S/C14H22N2O3/c1-10(2)18-11-4-5-14(16-8-11)19-12-6-7-15-9-13(12)17-3/h4-5,8,10,12-13,15H,6-7,9H2,1-3H3. The van der Waals surface area contributed by atoms with Gasteiger partial charge in [-0.25, -0.2) is 4.98 Å². The summed E-state index contributed by atoms with van der Waals surface area (Å²) in [6.07, 6.45) is 2.89. The van der Waals surface area contributed by atoms with Crippen LogP contribution in [0.3, 0.4) is 0 Å². The number of ether oxygens (including phenoxy) is 3. The Hall–Kier alpha value is -1.33. The molecule has 0 aliphatic carbocycles. The Morgan fingerprint density at radius 2 is 2.16 bits per heavy atom. The molecule has 1 N–H and O–H groups in total. The van der Waals surface area contributed by atoms with Gasteiger partial charge in [-0.1, -0.05) is 0 Å². The monoisotopic (exact) mass is 266 g/mol. The second-order valence-corrected chi connectivity index (χ2v) is 4.92. The van der Waals surface area contributed by atoms with Gasteiger partial charge in [0.2, 0.25) is 5.88 Å². The van der Waals surface area contributed by atoms with E-state index in [0.29, 0.717) is 5.88 Å². The molecule has 0 aromatic carbocycles. The van der Waals surface area contributed by atoms with Gasteiger partial charge >= 0.3 is 0 Å². The molecule has 0 radical (unpaired) electrons. The van der Waals surface area contributed by atoms with Gasteiger partial charge in [0, 0.05) is 19.7 Å². The van der Waals surface area contributed by atoms with Crippen molar-refractivity contribution in [2.75, 3.05) is 20.2 Å². The predicted octanol–water partition coefficient (Wildman–Crippen LogP) is 1.62. The molecule has 1 aliphatic rings. The number of nitrogens with one attached hydrogen (secondary N) is 1. The highest BCUT2D eigenvalue weighted by molar-refractivity contribution is 5.23. The highest BCUT2D eigenvalue weighted by Gasteiger charge is 2.26. The van der Waals surface area contributed by atoms with Crippen molar-refractivity contribution in [3.8, 4) is 11.6 Å². The third kappa shape index (κ3) is 4.08. The van der Waals surface area contributed by atoms with Crippen LogP contribution in [0.2, 0.25) is 0 Å². The highest BCUT2D eigenvalue weighted by Crippen LogP contribution is 2.19. The number of piperidine rings is 1. The molecule has 2 unspecified atom stereocenters. The van der Waals surface area contributed by atoms with Crippen LogP contribution in [0, 0.1) is 0 Å². The lowest BCUT2D eigenvalue weighted by Gasteiger charge is -2.30. The summed E-state index contributed by atoms with van der Waals surface area (Å²) in [5.74, 6) is 1.38. The van der Waals surface area contributed by atoms with Gasteiger partial charge in [0.25, 0.3) is 0 Å². The number of methoxy groups -OCH3 is 1. The molecule has 1 saturated heterocycles. The molecule has 1 aromatic rings. The van der Waals surface area contributed by atoms with Gasteiger partial charge in [0.15, 0.2) is 0 Å². The Kier molecular flexibility index (Phi) is 4.99. The summed E-state index contributed by atoms with van der Waals surface area (Å²) in [5.41, 5.74) is 0. The number of pyridine rings is 1. The lowest BCUT2D eigenvalue weighted by Crippen LogP contribution is -2.47. The molecule has 1 aliphatic heterocycles. The fraction of sp³-hybridized carbons (Fsp3) is 0.643. The maximum atomic E-state index is 5.89. The second-order valence-electron chi connectivity index (χ2n) is 4.92. The lowest BCUT2D eigenvalue weighted by atomic mass is 10.1. The van der Waals surface area contributed by atoms with Crippen LogP contribution in [0.1, 0.15) is 20.3 Å². The first kappa shape index (κ1) is 14.1. The van der Waals surface area contributed by atoms with Crippen LogP contribution in [0.25, 0.3) is 0 Å². The molecule has 19 heavy (non-hydrogen) atoms. The molecule has 106 valence electrons. The number of hydrogen-bond acceptors (Lipinski definition) is 5. The minimum absolute atomic E-state index is 0.0515. The van der Waals surface area contributed by atoms with Gasteiger partial charge < -0.3 is 19.5 Å². The minimum atomic E-state index is 0.0515. The summed E-state index contributed by atoms with van der Waals surface area (Å²) in [7, 11) is 1.71. The molecule has 5 heteroatoms. The van der Waals surface area contributed by atoms with E-state index in [-0.39, 0.29) is 18.3 Å². The van der Waals surface area contributed by atoms with E-state index in [1.165, 1.54) is 0 Å². The third-order valence-corrected chi connectivity index (χ3v) is 3.02. The van der Waals surface area contributed by atoms with Crippen molar-refractivity contribution in [1.82, 2.24) is 10.3 Å². The highest BCUT2D eigenvalue weighted by atomic mass is 16.5. The number of nitrogens with zero attached hydrogens (tertiary/aromatic N) is 1. The first-order valence-corrected chi connectivity index (χ1v) is 6.72. The molecule has 2 heterocycles. The summed E-state index contributed by atoms with van der Waals surface area (Å²) < 4.78 is 16.8. The fourth-order valence-corrected chi connectivity index (χ4v) is 2.11. The summed E-state index contributed by atoms with van der Waals surface area (Å²) in [6.45, 7) is 5.74. The molecule has 0 bridgehead atoms. The summed E-state index contributed by atoms with van der Waals surface area (Å²) in [4.78, 5) is 4.27. The van der Waals surface area contributed by atoms with E-state index in [4.69, 9.17) is 14.2 Å². The smallest absolute Gasteiger partial charge is 0.213 e. The van der Waals surface area contributed by atoms with Crippen molar-refractivity contribution in [1.29, 1.82) is 0 Å². The van der Waals surface area contributed by atoms with E-state index in [1.54, 1.807) is 13.3 Å². The molecule has 2 rings (SSSR count). The summed E-state index contributed by atoms with van der Waals surface area (Å²) in [5, 5.41) is 3.29. The van der Waals surface area contributed by atoms with E-state index < -0.39 is 0 Å². The van der Waals surface area contributed by atoms with Crippen LogP contribution >= 0.6 is 0 Å². The van der Waals surface area contributed by atoms with Gasteiger partial charge in [-0.2, -0.15) is 0 Å². The predicted molar refractivity (Wildman–Crippen MR) is 72.7 cm³/mol. The molecule has 1 fully saturated rings. The molecular formula is C14H22N2O3. The largest absolute Gasteiger partial charge is 0.489 e. The summed E-state index contributed by atoms with van der Waals surface area (Å²) >= 11 is 0. The van der Waals surface area contributed by atoms with E-state index >= 15 is 0 Å². The van der Waals surface area contributed by atoms with E-state index in [1.807, 2.05) is 26.0 Å². The maximum Gasteiger partial charge on any atom is 0.213 e. The van der Waals surface area contributed by atoms with Gasteiger partial charge in [-0.05, 0) is 32.9 Å². The van der Waals surface area contributed by atoms with Crippen LogP contribution in [0.4, 0.5) is 0 Å². The Morgan fingerprint density at radius 3 is 2.79 bits per heavy atom. The molecule has 1 aromatic heterocycles. The van der Waals surface area contributed by atoms with E-state index in [0.717, 1.165) is 25.3 Å². The van der Waals surface area contributed by atoms with Crippen LogP contribution in [0.5, 0.6) is 11.6 Å². The van der Waals surface area contributed by atoms with Crippen molar-refractivity contribution in [2.45, 2.75) is 38.6 Å². The van der Waals surface area contributed by atoms with Crippen LogP contribution < -0.4 is 14.8 Å². The topological polar surface area (TPSA) is 52.6 Å². The zero-order valence-electron chi connectivity index (χ0n) is 11.8. The van der Waals surface area contributed by atoms with Gasteiger partial charge in [-0.15, -0.1) is 0 Å². The first-order chi connectivity index (χ1) is 9.19. The maximum absolute atomic E-state index is 5.89. The van der Waals surface area contributed by atoms with Gasteiger partial charge in [0.1, 0.15) is 18.0 Å². The van der Waals surface area contributed by atoms with Crippen molar-refractivity contribution in [3.05, 3.63) is 18.3 Å². The molecule has 5 nitrogen and oxygen atoms in total. The van der Waals surface area contributed by atoms with Crippen LogP contribution in [-0.2, 0) is 4.74 Å².